The summed E-state index contributed by atoms with van der Waals surface area (Å²) in [6, 6.07) is 5.78. The van der Waals surface area contributed by atoms with Crippen molar-refractivity contribution in [2.45, 2.75) is 25.8 Å². The third-order valence-electron chi connectivity index (χ3n) is 5.03. The van der Waals surface area contributed by atoms with Gasteiger partial charge in [-0.1, -0.05) is 6.07 Å². The van der Waals surface area contributed by atoms with Crippen LogP contribution in [0.15, 0.2) is 29.2 Å². The number of carboxylic acid groups (broad SMARTS) is 1. The van der Waals surface area contributed by atoms with Crippen molar-refractivity contribution in [2.75, 3.05) is 6.61 Å². The molecule has 2 heterocycles. The number of hydrogen-bond donors (Lipinski definition) is 4. The second-order valence-corrected chi connectivity index (χ2v) is 6.45. The Morgan fingerprint density at radius 3 is 2.69 bits per heavy atom. The Labute approximate surface area is 148 Å². The average molecular weight is 354 g/mol. The minimum atomic E-state index is -1.44. The van der Waals surface area contributed by atoms with E-state index in [1.807, 2.05) is 29.0 Å². The van der Waals surface area contributed by atoms with E-state index in [0.29, 0.717) is 24.2 Å². The van der Waals surface area contributed by atoms with Gasteiger partial charge < -0.3 is 24.9 Å². The van der Waals surface area contributed by atoms with Gasteiger partial charge in [-0.05, 0) is 37.0 Å². The summed E-state index contributed by atoms with van der Waals surface area (Å²) in [5, 5.41) is 29.8. The average Bonchev–Trinajstić information content (AvgIpc) is 2.90. The van der Waals surface area contributed by atoms with Gasteiger partial charge in [-0.25, -0.2) is 4.79 Å². The molecule has 0 radical (unpaired) electrons. The molecule has 0 atom stereocenters. The summed E-state index contributed by atoms with van der Waals surface area (Å²) in [5.41, 5.74) is 2.39. The summed E-state index contributed by atoms with van der Waals surface area (Å²) in [6.45, 7) is 0.543. The Kier molecular flexibility index (Phi) is 3.81. The van der Waals surface area contributed by atoms with Gasteiger partial charge in [0.2, 0.25) is 0 Å². The third-order valence-corrected chi connectivity index (χ3v) is 5.03. The molecular formula is C19H18N2O5. The lowest BCUT2D eigenvalue weighted by atomic mass is 9.97. The number of aryl methyl sites for hydroxylation is 1. The molecule has 0 fully saturated rings. The Balaban J connectivity index is 2.00. The number of aliphatic hydroxyl groups is 1. The number of carbonyl (C=O) groups is 1. The lowest BCUT2D eigenvalue weighted by Crippen LogP contribution is -2.20. The fourth-order valence-electron chi connectivity index (χ4n) is 3.88. The lowest BCUT2D eigenvalue weighted by Gasteiger charge is -2.13. The zero-order valence-electron chi connectivity index (χ0n) is 14.0. The number of pyridine rings is 1. The highest BCUT2D eigenvalue weighted by atomic mass is 16.4. The van der Waals surface area contributed by atoms with Crippen molar-refractivity contribution in [2.24, 2.45) is 0 Å². The van der Waals surface area contributed by atoms with E-state index in [9.17, 15) is 24.9 Å². The zero-order valence-corrected chi connectivity index (χ0v) is 14.0. The van der Waals surface area contributed by atoms with Crippen LogP contribution in [-0.4, -0.2) is 37.4 Å². The normalized spacial score (nSPS) is 13.3. The Morgan fingerprint density at radius 2 is 1.96 bits per heavy atom. The number of carboxylic acids is 1. The van der Waals surface area contributed by atoms with E-state index in [2.05, 4.69) is 4.98 Å². The Bertz CT molecular complexity index is 1090. The van der Waals surface area contributed by atoms with Crippen LogP contribution in [-0.2, 0) is 19.4 Å². The standard InChI is InChI=1S/C19H18N2O5/c22-9-8-21-7-6-11-10-2-1-3-13-16(12(10)4-5-14(11)21)20-18(24)15(17(13)23)19(25)26/h4-7,22H,1-3,8-9H2,(H,25,26)(H2,20,23,24). The molecule has 0 unspecified atom stereocenters. The molecule has 1 aliphatic carbocycles. The van der Waals surface area contributed by atoms with Gasteiger partial charge >= 0.3 is 5.97 Å². The number of aromatic nitrogens is 2. The summed E-state index contributed by atoms with van der Waals surface area (Å²) in [4.78, 5) is 26.2. The summed E-state index contributed by atoms with van der Waals surface area (Å²) in [5.74, 6) is -1.88. The first-order valence-electron chi connectivity index (χ1n) is 8.46. The quantitative estimate of drug-likeness (QED) is 0.573. The van der Waals surface area contributed by atoms with E-state index in [4.69, 9.17) is 0 Å². The summed E-state index contributed by atoms with van der Waals surface area (Å²) >= 11 is 0. The van der Waals surface area contributed by atoms with Crippen molar-refractivity contribution in [1.29, 1.82) is 0 Å². The molecule has 1 aromatic carbocycles. The molecule has 2 aromatic heterocycles. The molecule has 26 heavy (non-hydrogen) atoms. The minimum Gasteiger partial charge on any atom is -0.506 e. The molecule has 0 saturated heterocycles. The van der Waals surface area contributed by atoms with Gasteiger partial charge in [-0.3, -0.25) is 4.79 Å². The molecule has 3 aromatic rings. The van der Waals surface area contributed by atoms with E-state index in [1.165, 1.54) is 0 Å². The van der Waals surface area contributed by atoms with Gasteiger partial charge in [0.1, 0.15) is 5.75 Å². The molecule has 4 rings (SSSR count). The molecule has 0 saturated carbocycles. The van der Waals surface area contributed by atoms with E-state index in [1.54, 1.807) is 0 Å². The van der Waals surface area contributed by atoms with Crippen LogP contribution < -0.4 is 5.56 Å². The maximum Gasteiger partial charge on any atom is 0.345 e. The van der Waals surface area contributed by atoms with Crippen LogP contribution in [0.5, 0.6) is 5.75 Å². The van der Waals surface area contributed by atoms with Gasteiger partial charge in [0.25, 0.3) is 5.56 Å². The molecule has 4 N–H and O–H groups in total. The largest absolute Gasteiger partial charge is 0.506 e. The molecule has 0 bridgehead atoms. The highest BCUT2D eigenvalue weighted by Gasteiger charge is 2.26. The van der Waals surface area contributed by atoms with Crippen molar-refractivity contribution in [3.05, 3.63) is 51.4 Å². The second kappa shape index (κ2) is 6.03. The topological polar surface area (TPSA) is 116 Å². The van der Waals surface area contributed by atoms with Gasteiger partial charge in [0.05, 0.1) is 12.3 Å². The number of rotatable bonds is 3. The van der Waals surface area contributed by atoms with Crippen molar-refractivity contribution in [3.63, 3.8) is 0 Å². The number of hydrogen-bond acceptors (Lipinski definition) is 4. The maximum absolute atomic E-state index is 12.2. The second-order valence-electron chi connectivity index (χ2n) is 6.45. The molecular weight excluding hydrogens is 336 g/mol. The van der Waals surface area contributed by atoms with Crippen LogP contribution >= 0.6 is 0 Å². The van der Waals surface area contributed by atoms with Crippen LogP contribution in [0.2, 0.25) is 0 Å². The number of aromatic carboxylic acids is 1. The minimum absolute atomic E-state index is 0.0445. The number of H-pyrrole nitrogens is 1. The predicted octanol–water partition coefficient (Wildman–Crippen LogP) is 1.88. The van der Waals surface area contributed by atoms with Crippen molar-refractivity contribution in [1.82, 2.24) is 9.55 Å². The SMILES string of the molecule is O=C(O)c1c(O)c2c([nH]c1=O)-c1ccc3c(ccn3CCO)c1CCC2. The number of aromatic amines is 1. The van der Waals surface area contributed by atoms with E-state index in [-0.39, 0.29) is 6.61 Å². The van der Waals surface area contributed by atoms with Crippen molar-refractivity contribution in [3.8, 4) is 17.0 Å². The van der Waals surface area contributed by atoms with Crippen molar-refractivity contribution >= 4 is 16.9 Å². The predicted molar refractivity (Wildman–Crippen MR) is 95.7 cm³/mol. The number of aliphatic hydroxyl groups excluding tert-OH is 1. The molecule has 7 nitrogen and oxygen atoms in total. The van der Waals surface area contributed by atoms with Crippen LogP contribution in [0.1, 0.15) is 27.9 Å². The van der Waals surface area contributed by atoms with Gasteiger partial charge in [0.15, 0.2) is 5.56 Å². The molecule has 1 aliphatic rings. The van der Waals surface area contributed by atoms with Gasteiger partial charge in [-0.15, -0.1) is 0 Å². The van der Waals surface area contributed by atoms with Gasteiger partial charge in [0, 0.05) is 34.8 Å². The first-order chi connectivity index (χ1) is 12.5. The Hall–Kier alpha value is -3.06. The van der Waals surface area contributed by atoms with Crippen LogP contribution in [0.4, 0.5) is 0 Å². The highest BCUT2D eigenvalue weighted by molar-refractivity contribution is 5.94. The molecule has 7 heteroatoms. The Morgan fingerprint density at radius 1 is 1.19 bits per heavy atom. The molecule has 0 aliphatic heterocycles. The van der Waals surface area contributed by atoms with E-state index >= 15 is 0 Å². The highest BCUT2D eigenvalue weighted by Crippen LogP contribution is 2.38. The first-order valence-corrected chi connectivity index (χ1v) is 8.46. The molecule has 0 amide bonds. The number of nitrogens with zero attached hydrogens (tertiary/aromatic N) is 1. The molecule has 0 spiro atoms. The van der Waals surface area contributed by atoms with Crippen molar-refractivity contribution < 1.29 is 20.1 Å². The summed E-state index contributed by atoms with van der Waals surface area (Å²) < 4.78 is 1.97. The number of aromatic hydroxyl groups is 1. The lowest BCUT2D eigenvalue weighted by molar-refractivity contribution is 0.0691. The monoisotopic (exact) mass is 354 g/mol. The van der Waals surface area contributed by atoms with Crippen LogP contribution in [0, 0.1) is 0 Å². The summed E-state index contributed by atoms with van der Waals surface area (Å²) in [7, 11) is 0. The number of nitrogens with one attached hydrogen (secondary N) is 1. The zero-order chi connectivity index (χ0) is 18.4. The fourth-order valence-corrected chi connectivity index (χ4v) is 3.88. The summed E-state index contributed by atoms with van der Waals surface area (Å²) in [6.07, 6.45) is 3.86. The van der Waals surface area contributed by atoms with E-state index in [0.717, 1.165) is 34.9 Å². The van der Waals surface area contributed by atoms with Crippen LogP contribution in [0.3, 0.4) is 0 Å². The van der Waals surface area contributed by atoms with E-state index < -0.39 is 22.8 Å². The fraction of sp³-hybridized carbons (Fsp3) is 0.263. The maximum atomic E-state index is 12.2. The van der Waals surface area contributed by atoms with Gasteiger partial charge in [-0.2, -0.15) is 0 Å². The molecule has 134 valence electrons. The van der Waals surface area contributed by atoms with Crippen LogP contribution in [0.25, 0.3) is 22.2 Å². The number of fused-ring (bicyclic) bond motifs is 5. The smallest absolute Gasteiger partial charge is 0.345 e. The number of benzene rings is 1. The third kappa shape index (κ3) is 2.32. The first kappa shape index (κ1) is 16.4.